The van der Waals surface area contributed by atoms with E-state index in [1.807, 2.05) is 13.8 Å². The molecule has 1 aliphatic rings. The average Bonchev–Trinajstić information content (AvgIpc) is 2.51. The monoisotopic (exact) mass is 332 g/mol. The van der Waals surface area contributed by atoms with Gasteiger partial charge in [0.15, 0.2) is 0 Å². The molecule has 122 valence electrons. The van der Waals surface area contributed by atoms with E-state index in [1.165, 1.54) is 5.41 Å². The van der Waals surface area contributed by atoms with E-state index < -0.39 is 17.9 Å². The lowest BCUT2D eigenvalue weighted by Gasteiger charge is -2.41. The Morgan fingerprint density at radius 3 is 2.61 bits per heavy atom. The zero-order valence-electron chi connectivity index (χ0n) is 13.1. The number of carboxylic acids is 1. The molecule has 0 radical (unpaired) electrons. The number of thiol groups is 1. The third kappa shape index (κ3) is 3.17. The third-order valence-corrected chi connectivity index (χ3v) is 4.22. The van der Waals surface area contributed by atoms with Crippen LogP contribution in [0, 0.1) is 11.3 Å². The highest BCUT2D eigenvalue weighted by Crippen LogP contribution is 2.37. The molecular weight excluding hydrogens is 312 g/mol. The van der Waals surface area contributed by atoms with Crippen molar-refractivity contribution in [2.75, 3.05) is 6.54 Å². The number of carbonyl (C=O) groups is 2. The van der Waals surface area contributed by atoms with E-state index in [-0.39, 0.29) is 11.8 Å². The summed E-state index contributed by atoms with van der Waals surface area (Å²) in [6.07, 6.45) is 1.07. The molecule has 0 saturated heterocycles. The van der Waals surface area contributed by atoms with Gasteiger partial charge in [-0.1, -0.05) is 32.0 Å². The highest BCUT2D eigenvalue weighted by atomic mass is 32.1. The van der Waals surface area contributed by atoms with Gasteiger partial charge in [0, 0.05) is 18.3 Å². The Balaban J connectivity index is 2.68. The number of rotatable bonds is 5. The summed E-state index contributed by atoms with van der Waals surface area (Å²) in [7, 11) is 0. The first-order valence-corrected chi connectivity index (χ1v) is 7.91. The minimum Gasteiger partial charge on any atom is -0.481 e. The normalized spacial score (nSPS) is 21.3. The molecule has 1 aromatic rings. The van der Waals surface area contributed by atoms with Crippen molar-refractivity contribution in [2.24, 2.45) is 5.92 Å². The third-order valence-electron chi connectivity index (χ3n) is 3.92. The first-order valence-electron chi connectivity index (χ1n) is 7.39. The van der Waals surface area contributed by atoms with Crippen molar-refractivity contribution in [2.45, 2.75) is 25.8 Å². The summed E-state index contributed by atoms with van der Waals surface area (Å²) in [5.74, 6) is -1.96. The lowest BCUT2D eigenvalue weighted by Crippen LogP contribution is -2.52. The van der Waals surface area contributed by atoms with E-state index in [4.69, 9.17) is 5.41 Å². The van der Waals surface area contributed by atoms with Crippen LogP contribution in [0.5, 0.6) is 0 Å². The fourth-order valence-corrected chi connectivity index (χ4v) is 3.25. The maximum atomic E-state index is 12.9. The van der Waals surface area contributed by atoms with Crippen LogP contribution in [0.2, 0.25) is 0 Å². The molecule has 23 heavy (non-hydrogen) atoms. The molecule has 0 fully saturated rings. The van der Waals surface area contributed by atoms with Crippen LogP contribution in [0.3, 0.4) is 0 Å². The number of benzene rings is 1. The molecule has 2 atom stereocenters. The molecule has 6 heteroatoms. The number of amides is 1. The predicted octanol–water partition coefficient (Wildman–Crippen LogP) is 2.80. The molecule has 0 aliphatic carbocycles. The number of nitrogens with zero attached hydrogens (tertiary/aromatic N) is 1. The van der Waals surface area contributed by atoms with Crippen LogP contribution in [0.25, 0.3) is 0 Å². The number of fused-ring (bicyclic) bond motifs is 1. The van der Waals surface area contributed by atoms with Crippen molar-refractivity contribution in [1.82, 2.24) is 4.90 Å². The van der Waals surface area contributed by atoms with Gasteiger partial charge in [-0.05, 0) is 28.5 Å². The molecule has 0 saturated carbocycles. The molecule has 2 N–H and O–H groups in total. The molecule has 1 heterocycles. The summed E-state index contributed by atoms with van der Waals surface area (Å²) in [5.41, 5.74) is 1.31. The van der Waals surface area contributed by atoms with Crippen LogP contribution in [0.4, 0.5) is 0 Å². The number of hydrogen-bond donors (Lipinski definition) is 3. The van der Waals surface area contributed by atoms with Crippen molar-refractivity contribution in [1.29, 1.82) is 5.41 Å². The van der Waals surface area contributed by atoms with Gasteiger partial charge in [-0.25, -0.2) is 0 Å². The van der Waals surface area contributed by atoms with E-state index >= 15 is 0 Å². The largest absolute Gasteiger partial charge is 0.481 e. The van der Waals surface area contributed by atoms with Gasteiger partial charge < -0.3 is 15.4 Å². The second kappa shape index (κ2) is 7.00. The summed E-state index contributed by atoms with van der Waals surface area (Å²) in [6.45, 7) is 4.35. The molecule has 1 aromatic carbocycles. The first kappa shape index (κ1) is 17.3. The number of aliphatic carboxylic acids is 1. The van der Waals surface area contributed by atoms with Gasteiger partial charge in [0.25, 0.3) is 5.91 Å². The van der Waals surface area contributed by atoms with E-state index in [1.54, 1.807) is 29.2 Å². The van der Waals surface area contributed by atoms with Crippen LogP contribution >= 0.6 is 12.6 Å². The number of carbonyl (C=O) groups excluding carboxylic acids is 1. The van der Waals surface area contributed by atoms with Gasteiger partial charge in [-0.3, -0.25) is 9.59 Å². The maximum Gasteiger partial charge on any atom is 0.313 e. The lowest BCUT2D eigenvalue weighted by molar-refractivity contribution is -0.140. The van der Waals surface area contributed by atoms with Crippen LogP contribution in [0.1, 0.15) is 35.7 Å². The summed E-state index contributed by atoms with van der Waals surface area (Å²) in [6, 6.07) is 6.06. The smallest absolute Gasteiger partial charge is 0.313 e. The Labute approximate surface area is 140 Å². The lowest BCUT2D eigenvalue weighted by atomic mass is 9.79. The Bertz CT molecular complexity index is 670. The van der Waals surface area contributed by atoms with Gasteiger partial charge >= 0.3 is 5.97 Å². The standard InChI is InChI=1S/C17H20N2O3S/c1-10(2)8-19-15(11(7-18)9-23)14(17(21)22)12-5-3-4-6-13(12)16(19)20/h3-7,9-10,14-15,18,23H,8H2,1-2H3,(H,21,22)/b11-9+,18-7?. The molecule has 0 spiro atoms. The Hall–Kier alpha value is -2.08. The molecule has 0 aromatic heterocycles. The van der Waals surface area contributed by atoms with E-state index in [0.29, 0.717) is 23.2 Å². The minimum absolute atomic E-state index is 0.174. The topological polar surface area (TPSA) is 81.5 Å². The quantitative estimate of drug-likeness (QED) is 0.573. The fraction of sp³-hybridized carbons (Fsp3) is 0.353. The van der Waals surface area contributed by atoms with Gasteiger partial charge in [-0.15, -0.1) is 0 Å². The predicted molar refractivity (Wildman–Crippen MR) is 92.3 cm³/mol. The van der Waals surface area contributed by atoms with Crippen molar-refractivity contribution in [3.63, 3.8) is 0 Å². The molecule has 1 amide bonds. The van der Waals surface area contributed by atoms with Crippen LogP contribution < -0.4 is 0 Å². The minimum atomic E-state index is -1.02. The van der Waals surface area contributed by atoms with Crippen LogP contribution in [-0.2, 0) is 4.79 Å². The SMILES string of the molecule is CC(C)CN1C(=O)c2ccccc2C(C(=O)O)C1/C(C=N)=C/S. The Kier molecular flexibility index (Phi) is 5.26. The number of carboxylic acid groups (broad SMARTS) is 1. The van der Waals surface area contributed by atoms with Gasteiger partial charge in [0.1, 0.15) is 5.92 Å². The van der Waals surface area contributed by atoms with E-state index in [0.717, 1.165) is 6.21 Å². The zero-order chi connectivity index (χ0) is 17.1. The summed E-state index contributed by atoms with van der Waals surface area (Å²) in [5, 5.41) is 18.7. The van der Waals surface area contributed by atoms with Crippen LogP contribution in [0.15, 0.2) is 35.2 Å². The highest BCUT2D eigenvalue weighted by molar-refractivity contribution is 7.83. The zero-order valence-corrected chi connectivity index (χ0v) is 14.0. The molecule has 1 aliphatic heterocycles. The van der Waals surface area contributed by atoms with Crippen molar-refractivity contribution >= 4 is 30.7 Å². The molecule has 2 unspecified atom stereocenters. The van der Waals surface area contributed by atoms with E-state index in [2.05, 4.69) is 12.6 Å². The van der Waals surface area contributed by atoms with Gasteiger partial charge in [0.05, 0.1) is 6.04 Å². The summed E-state index contributed by atoms with van der Waals surface area (Å²) < 4.78 is 0. The summed E-state index contributed by atoms with van der Waals surface area (Å²) in [4.78, 5) is 26.4. The summed E-state index contributed by atoms with van der Waals surface area (Å²) >= 11 is 4.10. The van der Waals surface area contributed by atoms with Crippen molar-refractivity contribution in [3.8, 4) is 0 Å². The van der Waals surface area contributed by atoms with Crippen LogP contribution in [-0.4, -0.2) is 40.7 Å². The molecule has 0 bridgehead atoms. The molecular formula is C17H20N2O3S. The Morgan fingerprint density at radius 2 is 2.09 bits per heavy atom. The highest BCUT2D eigenvalue weighted by Gasteiger charge is 2.44. The Morgan fingerprint density at radius 1 is 1.43 bits per heavy atom. The first-order chi connectivity index (χ1) is 10.9. The fourth-order valence-electron chi connectivity index (χ4n) is 3.02. The van der Waals surface area contributed by atoms with Gasteiger partial charge in [0.2, 0.25) is 0 Å². The number of hydrogen-bond acceptors (Lipinski definition) is 4. The molecule has 5 nitrogen and oxygen atoms in total. The molecule has 2 rings (SSSR count). The van der Waals surface area contributed by atoms with E-state index in [9.17, 15) is 14.7 Å². The van der Waals surface area contributed by atoms with Crippen molar-refractivity contribution < 1.29 is 14.7 Å². The average molecular weight is 332 g/mol. The maximum absolute atomic E-state index is 12.9. The second-order valence-corrected chi connectivity index (χ2v) is 6.23. The van der Waals surface area contributed by atoms with Gasteiger partial charge in [-0.2, -0.15) is 12.6 Å². The second-order valence-electron chi connectivity index (χ2n) is 5.97. The van der Waals surface area contributed by atoms with Crippen molar-refractivity contribution in [3.05, 3.63) is 46.4 Å². The number of nitrogens with one attached hydrogen (secondary N) is 1.